The predicted molar refractivity (Wildman–Crippen MR) is 69.3 cm³/mol. The molecule has 2 atom stereocenters. The van der Waals surface area contributed by atoms with Gasteiger partial charge in [-0.3, -0.25) is 0 Å². The lowest BCUT2D eigenvalue weighted by Gasteiger charge is -2.16. The van der Waals surface area contributed by atoms with Crippen LogP contribution in [0.15, 0.2) is 18.2 Å². The van der Waals surface area contributed by atoms with Crippen LogP contribution >= 0.6 is 0 Å². The van der Waals surface area contributed by atoms with Crippen molar-refractivity contribution in [1.82, 2.24) is 5.32 Å². The average molecular weight is 282 g/mol. The highest BCUT2D eigenvalue weighted by molar-refractivity contribution is 5.91. The van der Waals surface area contributed by atoms with Gasteiger partial charge in [0.25, 0.3) is 0 Å². The molecule has 0 bridgehead atoms. The van der Waals surface area contributed by atoms with E-state index in [-0.39, 0.29) is 17.8 Å². The number of carboxylic acids is 1. The van der Waals surface area contributed by atoms with Crippen molar-refractivity contribution in [3.8, 4) is 0 Å². The molecule has 1 aliphatic rings. The molecular formula is C13H15FN2O4. The number of anilines is 1. The van der Waals surface area contributed by atoms with Gasteiger partial charge in [-0.25, -0.2) is 14.0 Å². The van der Waals surface area contributed by atoms with E-state index < -0.39 is 23.4 Å². The van der Waals surface area contributed by atoms with E-state index in [2.05, 4.69) is 10.6 Å². The number of carbonyl (C=O) groups excluding carboxylic acids is 1. The monoisotopic (exact) mass is 282 g/mol. The largest absolute Gasteiger partial charge is 0.478 e. The van der Waals surface area contributed by atoms with Gasteiger partial charge < -0.3 is 20.5 Å². The van der Waals surface area contributed by atoms with Crippen molar-refractivity contribution in [2.45, 2.75) is 25.5 Å². The van der Waals surface area contributed by atoms with E-state index in [9.17, 15) is 14.0 Å². The Balaban J connectivity index is 1.97. The summed E-state index contributed by atoms with van der Waals surface area (Å²) in [6, 6.07) is 2.85. The Morgan fingerprint density at radius 3 is 2.75 bits per heavy atom. The molecule has 6 nitrogen and oxygen atoms in total. The van der Waals surface area contributed by atoms with E-state index in [4.69, 9.17) is 9.84 Å². The maximum atomic E-state index is 13.4. The van der Waals surface area contributed by atoms with Crippen LogP contribution in [0.2, 0.25) is 0 Å². The third-order valence-corrected chi connectivity index (χ3v) is 3.15. The first kappa shape index (κ1) is 14.3. The molecule has 2 unspecified atom stereocenters. The molecule has 1 heterocycles. The molecule has 0 spiro atoms. The van der Waals surface area contributed by atoms with Gasteiger partial charge in [0, 0.05) is 12.3 Å². The first-order chi connectivity index (χ1) is 9.47. The number of benzene rings is 1. The second-order valence-corrected chi connectivity index (χ2v) is 4.57. The number of amides is 2. The van der Waals surface area contributed by atoms with E-state index >= 15 is 0 Å². The SMILES string of the molecule is CC1OCCC1NC(=O)Nc1ccc(C(=O)O)c(F)c1. The number of hydrogen-bond acceptors (Lipinski definition) is 3. The highest BCUT2D eigenvalue weighted by Gasteiger charge is 2.25. The van der Waals surface area contributed by atoms with Crippen molar-refractivity contribution in [2.75, 3.05) is 11.9 Å². The molecule has 2 amide bonds. The number of carboxylic acid groups (broad SMARTS) is 1. The Morgan fingerprint density at radius 1 is 1.45 bits per heavy atom. The molecule has 1 aliphatic heterocycles. The molecule has 7 heteroatoms. The van der Waals surface area contributed by atoms with Crippen molar-refractivity contribution in [2.24, 2.45) is 0 Å². The van der Waals surface area contributed by atoms with Crippen LogP contribution in [-0.2, 0) is 4.74 Å². The molecule has 0 aromatic heterocycles. The van der Waals surface area contributed by atoms with Crippen molar-refractivity contribution in [3.05, 3.63) is 29.6 Å². The first-order valence-corrected chi connectivity index (χ1v) is 6.19. The van der Waals surface area contributed by atoms with Gasteiger partial charge in [-0.05, 0) is 31.5 Å². The highest BCUT2D eigenvalue weighted by atomic mass is 19.1. The molecule has 0 saturated carbocycles. The number of carbonyl (C=O) groups is 2. The van der Waals surface area contributed by atoms with Crippen molar-refractivity contribution >= 4 is 17.7 Å². The summed E-state index contributed by atoms with van der Waals surface area (Å²) in [5, 5.41) is 13.9. The van der Waals surface area contributed by atoms with Gasteiger partial charge in [-0.2, -0.15) is 0 Å². The molecule has 0 aliphatic carbocycles. The summed E-state index contributed by atoms with van der Waals surface area (Å²) < 4.78 is 18.8. The Labute approximate surface area is 114 Å². The minimum atomic E-state index is -1.35. The number of ether oxygens (including phenoxy) is 1. The van der Waals surface area contributed by atoms with Crippen molar-refractivity contribution in [1.29, 1.82) is 0 Å². The second kappa shape index (κ2) is 5.87. The standard InChI is InChI=1S/C13H15FN2O4/c1-7-11(4-5-20-7)16-13(19)15-8-2-3-9(12(17)18)10(14)6-8/h2-3,6-7,11H,4-5H2,1H3,(H,17,18)(H2,15,16,19). The zero-order valence-corrected chi connectivity index (χ0v) is 10.9. The van der Waals surface area contributed by atoms with Crippen LogP contribution in [0.1, 0.15) is 23.7 Å². The van der Waals surface area contributed by atoms with Gasteiger partial charge in [0.2, 0.25) is 0 Å². The lowest BCUT2D eigenvalue weighted by molar-refractivity contribution is 0.0692. The summed E-state index contributed by atoms with van der Waals surface area (Å²) in [6.45, 7) is 2.45. The summed E-state index contributed by atoms with van der Waals surface area (Å²) in [6.07, 6.45) is 0.660. The summed E-state index contributed by atoms with van der Waals surface area (Å²) in [5.41, 5.74) is -0.245. The lowest BCUT2D eigenvalue weighted by Crippen LogP contribution is -2.41. The average Bonchev–Trinajstić information content (AvgIpc) is 2.74. The number of rotatable bonds is 3. The smallest absolute Gasteiger partial charge is 0.338 e. The fraction of sp³-hybridized carbons (Fsp3) is 0.385. The number of aromatic carboxylic acids is 1. The number of hydrogen-bond donors (Lipinski definition) is 3. The summed E-state index contributed by atoms with van der Waals surface area (Å²) in [5.74, 6) is -2.25. The molecule has 108 valence electrons. The minimum Gasteiger partial charge on any atom is -0.478 e. The molecule has 1 saturated heterocycles. The van der Waals surface area contributed by atoms with Crippen LogP contribution < -0.4 is 10.6 Å². The third kappa shape index (κ3) is 3.24. The van der Waals surface area contributed by atoms with Crippen molar-refractivity contribution in [3.63, 3.8) is 0 Å². The zero-order chi connectivity index (χ0) is 14.7. The molecule has 2 rings (SSSR count). The Kier molecular flexibility index (Phi) is 4.19. The third-order valence-electron chi connectivity index (χ3n) is 3.15. The van der Waals surface area contributed by atoms with Gasteiger partial charge >= 0.3 is 12.0 Å². The molecule has 0 radical (unpaired) electrons. The van der Waals surface area contributed by atoms with Crippen LogP contribution in [0.4, 0.5) is 14.9 Å². The molecule has 3 N–H and O–H groups in total. The molecule has 1 aromatic carbocycles. The first-order valence-electron chi connectivity index (χ1n) is 6.19. The van der Waals surface area contributed by atoms with Crippen LogP contribution in [0, 0.1) is 5.82 Å². The van der Waals surface area contributed by atoms with E-state index in [0.717, 1.165) is 18.6 Å². The van der Waals surface area contributed by atoms with Gasteiger partial charge in [0.1, 0.15) is 5.82 Å². The van der Waals surface area contributed by atoms with Gasteiger partial charge in [-0.1, -0.05) is 0 Å². The minimum absolute atomic E-state index is 0.0631. The molecule has 1 fully saturated rings. The molecule has 1 aromatic rings. The van der Waals surface area contributed by atoms with Crippen LogP contribution in [0.3, 0.4) is 0 Å². The lowest BCUT2D eigenvalue weighted by atomic mass is 10.1. The summed E-state index contributed by atoms with van der Waals surface area (Å²) in [4.78, 5) is 22.4. The summed E-state index contributed by atoms with van der Waals surface area (Å²) in [7, 11) is 0. The van der Waals surface area contributed by atoms with Crippen molar-refractivity contribution < 1.29 is 23.8 Å². The van der Waals surface area contributed by atoms with E-state index in [1.165, 1.54) is 6.07 Å². The fourth-order valence-corrected chi connectivity index (χ4v) is 2.02. The van der Waals surface area contributed by atoms with Gasteiger partial charge in [0.05, 0.1) is 17.7 Å². The van der Waals surface area contributed by atoms with E-state index in [0.29, 0.717) is 6.61 Å². The molecule has 20 heavy (non-hydrogen) atoms. The Bertz CT molecular complexity index is 535. The number of halogens is 1. The number of nitrogens with one attached hydrogen (secondary N) is 2. The van der Waals surface area contributed by atoms with Crippen LogP contribution in [0.5, 0.6) is 0 Å². The Morgan fingerprint density at radius 2 is 2.20 bits per heavy atom. The van der Waals surface area contributed by atoms with Gasteiger partial charge in [-0.15, -0.1) is 0 Å². The maximum Gasteiger partial charge on any atom is 0.338 e. The molecular weight excluding hydrogens is 267 g/mol. The predicted octanol–water partition coefficient (Wildman–Crippen LogP) is 1.82. The quantitative estimate of drug-likeness (QED) is 0.789. The van der Waals surface area contributed by atoms with E-state index in [1.807, 2.05) is 6.92 Å². The zero-order valence-electron chi connectivity index (χ0n) is 10.9. The normalized spacial score (nSPS) is 21.5. The Hall–Kier alpha value is -2.15. The van der Waals surface area contributed by atoms with Crippen LogP contribution in [0.25, 0.3) is 0 Å². The second-order valence-electron chi connectivity index (χ2n) is 4.57. The van der Waals surface area contributed by atoms with Crippen LogP contribution in [-0.4, -0.2) is 35.9 Å². The topological polar surface area (TPSA) is 87.7 Å². The van der Waals surface area contributed by atoms with Gasteiger partial charge in [0.15, 0.2) is 0 Å². The fourth-order valence-electron chi connectivity index (χ4n) is 2.02. The highest BCUT2D eigenvalue weighted by Crippen LogP contribution is 2.16. The number of urea groups is 1. The maximum absolute atomic E-state index is 13.4. The summed E-state index contributed by atoms with van der Waals surface area (Å²) >= 11 is 0. The van der Waals surface area contributed by atoms with E-state index in [1.54, 1.807) is 0 Å².